The molecule has 0 N–H and O–H groups in total. The summed E-state index contributed by atoms with van der Waals surface area (Å²) in [5.74, 6) is 0.815. The number of fused-ring (bicyclic) bond motifs is 1. The SMILES string of the molecule is Cc1ccc(-n2c(C(C)N(Cc3ccco3)C(=O)C(C)C)nc3cc(Cl)ccc3c2=O)cc1. The summed E-state index contributed by atoms with van der Waals surface area (Å²) in [5, 5.41) is 0.954. The van der Waals surface area contributed by atoms with Gasteiger partial charge in [-0.05, 0) is 56.3 Å². The first-order valence-electron chi connectivity index (χ1n) is 10.9. The van der Waals surface area contributed by atoms with E-state index in [9.17, 15) is 9.59 Å². The molecule has 0 saturated carbocycles. The average Bonchev–Trinajstić information content (AvgIpc) is 3.30. The lowest BCUT2D eigenvalue weighted by Crippen LogP contribution is -2.39. The van der Waals surface area contributed by atoms with Gasteiger partial charge in [-0.3, -0.25) is 14.2 Å². The minimum atomic E-state index is -0.512. The number of halogens is 1. The fourth-order valence-electron chi connectivity index (χ4n) is 3.85. The van der Waals surface area contributed by atoms with Crippen LogP contribution in [0.2, 0.25) is 5.02 Å². The summed E-state index contributed by atoms with van der Waals surface area (Å²) in [5.41, 5.74) is 2.05. The fraction of sp³-hybridized carbons (Fsp3) is 0.269. The lowest BCUT2D eigenvalue weighted by Gasteiger charge is -2.31. The van der Waals surface area contributed by atoms with E-state index in [-0.39, 0.29) is 23.9 Å². The maximum Gasteiger partial charge on any atom is 0.266 e. The first-order valence-corrected chi connectivity index (χ1v) is 11.3. The largest absolute Gasteiger partial charge is 0.467 e. The molecule has 7 heteroatoms. The summed E-state index contributed by atoms with van der Waals surface area (Å²) >= 11 is 6.20. The third kappa shape index (κ3) is 4.57. The number of furan rings is 1. The monoisotopic (exact) mass is 463 g/mol. The van der Waals surface area contributed by atoms with E-state index in [0.717, 1.165) is 5.56 Å². The van der Waals surface area contributed by atoms with Crippen molar-refractivity contribution in [1.29, 1.82) is 0 Å². The number of nitrogens with zero attached hydrogens (tertiary/aromatic N) is 3. The molecule has 2 heterocycles. The molecule has 0 radical (unpaired) electrons. The molecule has 4 aromatic rings. The zero-order valence-corrected chi connectivity index (χ0v) is 19.8. The Balaban J connectivity index is 1.94. The molecule has 1 unspecified atom stereocenters. The Kier molecular flexibility index (Phi) is 6.38. The Morgan fingerprint density at radius 3 is 2.48 bits per heavy atom. The van der Waals surface area contributed by atoms with Crippen LogP contribution in [-0.2, 0) is 11.3 Å². The average molecular weight is 464 g/mol. The van der Waals surface area contributed by atoms with E-state index in [1.165, 1.54) is 0 Å². The standard InChI is InChI=1S/C26H26ClN3O3/c1-16(2)25(31)29(15-21-6-5-13-33-21)18(4)24-28-23-14-19(27)9-12-22(23)26(32)30(24)20-10-7-17(3)8-11-20/h5-14,16,18H,15H2,1-4H3. The van der Waals surface area contributed by atoms with Crippen molar-refractivity contribution in [2.75, 3.05) is 0 Å². The molecule has 0 saturated heterocycles. The molecule has 0 aliphatic heterocycles. The highest BCUT2D eigenvalue weighted by atomic mass is 35.5. The van der Waals surface area contributed by atoms with E-state index in [4.69, 9.17) is 21.0 Å². The summed E-state index contributed by atoms with van der Waals surface area (Å²) in [7, 11) is 0. The minimum absolute atomic E-state index is 0.0604. The number of benzene rings is 2. The van der Waals surface area contributed by atoms with Crippen LogP contribution in [0.1, 0.15) is 44.0 Å². The van der Waals surface area contributed by atoms with Crippen molar-refractivity contribution < 1.29 is 9.21 Å². The number of aromatic nitrogens is 2. The summed E-state index contributed by atoms with van der Waals surface area (Å²) in [6.45, 7) is 7.84. The Hall–Kier alpha value is -3.38. The van der Waals surface area contributed by atoms with Crippen LogP contribution in [0.5, 0.6) is 0 Å². The van der Waals surface area contributed by atoms with Crippen molar-refractivity contribution in [2.45, 2.75) is 40.3 Å². The van der Waals surface area contributed by atoms with Crippen LogP contribution in [0, 0.1) is 12.8 Å². The van der Waals surface area contributed by atoms with Crippen molar-refractivity contribution >= 4 is 28.4 Å². The second kappa shape index (κ2) is 9.24. The molecule has 6 nitrogen and oxygen atoms in total. The lowest BCUT2D eigenvalue weighted by atomic mass is 10.1. The molecule has 1 amide bonds. The Bertz CT molecular complexity index is 1340. The van der Waals surface area contributed by atoms with Crippen molar-refractivity contribution in [1.82, 2.24) is 14.5 Å². The van der Waals surface area contributed by atoms with Crippen LogP contribution in [0.15, 0.2) is 70.1 Å². The topological polar surface area (TPSA) is 68.3 Å². The fourth-order valence-corrected chi connectivity index (χ4v) is 4.01. The van der Waals surface area contributed by atoms with Crippen LogP contribution in [-0.4, -0.2) is 20.4 Å². The molecule has 0 aliphatic rings. The highest BCUT2D eigenvalue weighted by molar-refractivity contribution is 6.31. The van der Waals surface area contributed by atoms with Crippen LogP contribution in [0.25, 0.3) is 16.6 Å². The van der Waals surface area contributed by atoms with Gasteiger partial charge in [-0.15, -0.1) is 0 Å². The third-order valence-electron chi connectivity index (χ3n) is 5.67. The maximum atomic E-state index is 13.7. The van der Waals surface area contributed by atoms with E-state index in [2.05, 4.69) is 0 Å². The molecule has 4 rings (SSSR count). The van der Waals surface area contributed by atoms with Gasteiger partial charge in [-0.2, -0.15) is 0 Å². The predicted molar refractivity (Wildman–Crippen MR) is 130 cm³/mol. The van der Waals surface area contributed by atoms with E-state index < -0.39 is 6.04 Å². The highest BCUT2D eigenvalue weighted by Gasteiger charge is 2.29. The number of carbonyl (C=O) groups excluding carboxylic acids is 1. The number of aryl methyl sites for hydroxylation is 1. The molecule has 33 heavy (non-hydrogen) atoms. The molecule has 0 fully saturated rings. The van der Waals surface area contributed by atoms with Gasteiger partial charge in [-0.1, -0.05) is 43.1 Å². The normalized spacial score (nSPS) is 12.3. The number of rotatable bonds is 6. The van der Waals surface area contributed by atoms with Gasteiger partial charge in [-0.25, -0.2) is 4.98 Å². The van der Waals surface area contributed by atoms with Crippen molar-refractivity contribution in [3.63, 3.8) is 0 Å². The quantitative estimate of drug-likeness (QED) is 0.368. The zero-order chi connectivity index (χ0) is 23.7. The van der Waals surface area contributed by atoms with Crippen LogP contribution < -0.4 is 5.56 Å². The number of carbonyl (C=O) groups is 1. The van der Waals surface area contributed by atoms with Crippen LogP contribution in [0.4, 0.5) is 0 Å². The van der Waals surface area contributed by atoms with Gasteiger partial charge in [0.2, 0.25) is 5.91 Å². The first-order chi connectivity index (χ1) is 15.8. The number of amides is 1. The van der Waals surface area contributed by atoms with Crippen molar-refractivity contribution in [2.24, 2.45) is 5.92 Å². The molecule has 0 spiro atoms. The van der Waals surface area contributed by atoms with Gasteiger partial charge in [0, 0.05) is 10.9 Å². The van der Waals surface area contributed by atoms with E-state index in [1.54, 1.807) is 40.0 Å². The Morgan fingerprint density at radius 2 is 1.85 bits per heavy atom. The summed E-state index contributed by atoms with van der Waals surface area (Å²) < 4.78 is 7.10. The summed E-state index contributed by atoms with van der Waals surface area (Å²) in [6.07, 6.45) is 1.58. The maximum absolute atomic E-state index is 13.7. The first kappa shape index (κ1) is 22.8. The number of hydrogen-bond donors (Lipinski definition) is 0. The van der Waals surface area contributed by atoms with Gasteiger partial charge in [0.15, 0.2) is 0 Å². The Morgan fingerprint density at radius 1 is 1.12 bits per heavy atom. The molecule has 2 aromatic carbocycles. The second-order valence-electron chi connectivity index (χ2n) is 8.48. The Labute approximate surface area is 197 Å². The van der Waals surface area contributed by atoms with E-state index >= 15 is 0 Å². The van der Waals surface area contributed by atoms with Crippen LogP contribution >= 0.6 is 11.6 Å². The van der Waals surface area contributed by atoms with Crippen molar-refractivity contribution in [3.05, 3.63) is 93.4 Å². The van der Waals surface area contributed by atoms with E-state index in [1.807, 2.05) is 58.0 Å². The lowest BCUT2D eigenvalue weighted by molar-refractivity contribution is -0.137. The smallest absolute Gasteiger partial charge is 0.266 e. The molecule has 0 aliphatic carbocycles. The molecular formula is C26H26ClN3O3. The van der Waals surface area contributed by atoms with Gasteiger partial charge in [0.05, 0.1) is 35.4 Å². The van der Waals surface area contributed by atoms with E-state index in [0.29, 0.717) is 33.2 Å². The second-order valence-corrected chi connectivity index (χ2v) is 8.92. The molecule has 0 bridgehead atoms. The molecule has 1 atom stereocenters. The highest BCUT2D eigenvalue weighted by Crippen LogP contribution is 2.27. The molecular weight excluding hydrogens is 438 g/mol. The minimum Gasteiger partial charge on any atom is -0.467 e. The van der Waals surface area contributed by atoms with Gasteiger partial charge < -0.3 is 9.32 Å². The molecule has 170 valence electrons. The molecule has 2 aromatic heterocycles. The summed E-state index contributed by atoms with van der Waals surface area (Å²) in [6, 6.07) is 15.8. The predicted octanol–water partition coefficient (Wildman–Crippen LogP) is 5.69. The van der Waals surface area contributed by atoms with Gasteiger partial charge in [0.1, 0.15) is 11.6 Å². The number of hydrogen-bond acceptors (Lipinski definition) is 4. The van der Waals surface area contributed by atoms with Gasteiger partial charge in [0.25, 0.3) is 5.56 Å². The van der Waals surface area contributed by atoms with Crippen molar-refractivity contribution in [3.8, 4) is 5.69 Å². The third-order valence-corrected chi connectivity index (χ3v) is 5.91. The summed E-state index contributed by atoms with van der Waals surface area (Å²) in [4.78, 5) is 33.4. The zero-order valence-electron chi connectivity index (χ0n) is 19.1. The van der Waals surface area contributed by atoms with Gasteiger partial charge >= 0.3 is 0 Å². The van der Waals surface area contributed by atoms with Crippen LogP contribution in [0.3, 0.4) is 0 Å².